The zero-order chi connectivity index (χ0) is 21.0. The van der Waals surface area contributed by atoms with Crippen LogP contribution in [0.3, 0.4) is 0 Å². The van der Waals surface area contributed by atoms with Crippen molar-refractivity contribution in [1.29, 1.82) is 0 Å². The van der Waals surface area contributed by atoms with Crippen molar-refractivity contribution in [1.82, 2.24) is 13.9 Å². The summed E-state index contributed by atoms with van der Waals surface area (Å²) in [5.74, 6) is 0.437. The average Bonchev–Trinajstić information content (AvgIpc) is 3.13. The van der Waals surface area contributed by atoms with Crippen LogP contribution in [0.1, 0.15) is 24.3 Å². The average molecular weight is 422 g/mol. The van der Waals surface area contributed by atoms with Gasteiger partial charge in [-0.2, -0.15) is 4.31 Å². The second-order valence-electron chi connectivity index (χ2n) is 6.72. The number of carbonyl (C=O) groups excluding carboxylic acids is 1. The summed E-state index contributed by atoms with van der Waals surface area (Å²) in [6.45, 7) is 7.22. The molecule has 0 spiro atoms. The highest BCUT2D eigenvalue weighted by molar-refractivity contribution is 7.89. The minimum Gasteiger partial charge on any atom is -0.378 e. The van der Waals surface area contributed by atoms with Gasteiger partial charge in [0.2, 0.25) is 10.0 Å². The van der Waals surface area contributed by atoms with E-state index in [4.69, 9.17) is 4.74 Å². The van der Waals surface area contributed by atoms with Gasteiger partial charge in [-0.1, -0.05) is 13.8 Å². The number of pyridine rings is 1. The standard InChI is InChI=1S/C19H27N5O4S/c1-4-24(5-2)29(26,27)16-12-17(22(3)14-16)19(25)21-15-6-7-18(20-13-15)23-8-10-28-11-9-23/h6-7,12-14H,4-5,8-11H2,1-3H3,(H,21,25). The minimum atomic E-state index is -3.62. The van der Waals surface area contributed by atoms with Gasteiger partial charge < -0.3 is 19.5 Å². The van der Waals surface area contributed by atoms with Gasteiger partial charge in [-0.15, -0.1) is 0 Å². The normalized spacial score (nSPS) is 15.0. The van der Waals surface area contributed by atoms with Crippen LogP contribution in [0.5, 0.6) is 0 Å². The fourth-order valence-electron chi connectivity index (χ4n) is 3.25. The third kappa shape index (κ3) is 4.60. The van der Waals surface area contributed by atoms with Gasteiger partial charge in [0.1, 0.15) is 16.4 Å². The Kier molecular flexibility index (Phi) is 6.56. The number of aromatic nitrogens is 2. The second-order valence-corrected chi connectivity index (χ2v) is 8.66. The molecule has 0 unspecified atom stereocenters. The highest BCUT2D eigenvalue weighted by Crippen LogP contribution is 2.20. The van der Waals surface area contributed by atoms with Gasteiger partial charge in [-0.25, -0.2) is 13.4 Å². The maximum absolute atomic E-state index is 12.7. The van der Waals surface area contributed by atoms with Crippen LogP contribution >= 0.6 is 0 Å². The van der Waals surface area contributed by atoms with Crippen LogP contribution in [-0.4, -0.2) is 67.6 Å². The fraction of sp³-hybridized carbons (Fsp3) is 0.474. The van der Waals surface area contributed by atoms with Crippen LogP contribution in [-0.2, 0) is 21.8 Å². The number of hydrogen-bond acceptors (Lipinski definition) is 6. The van der Waals surface area contributed by atoms with E-state index >= 15 is 0 Å². The molecule has 29 heavy (non-hydrogen) atoms. The predicted molar refractivity (Wildman–Crippen MR) is 111 cm³/mol. The van der Waals surface area contributed by atoms with Crippen LogP contribution in [0, 0.1) is 0 Å². The van der Waals surface area contributed by atoms with Crippen molar-refractivity contribution in [3.05, 3.63) is 36.3 Å². The van der Waals surface area contributed by atoms with Crippen molar-refractivity contribution in [3.8, 4) is 0 Å². The first kappa shape index (κ1) is 21.3. The fourth-order valence-corrected chi connectivity index (χ4v) is 4.78. The monoisotopic (exact) mass is 421 g/mol. The zero-order valence-corrected chi connectivity index (χ0v) is 17.8. The lowest BCUT2D eigenvalue weighted by molar-refractivity contribution is 0.101. The third-order valence-electron chi connectivity index (χ3n) is 4.90. The second kappa shape index (κ2) is 8.93. The Balaban J connectivity index is 1.73. The summed E-state index contributed by atoms with van der Waals surface area (Å²) in [7, 11) is -1.97. The Hall–Kier alpha value is -2.43. The largest absolute Gasteiger partial charge is 0.378 e. The molecule has 1 aliphatic rings. The summed E-state index contributed by atoms with van der Waals surface area (Å²) >= 11 is 0. The van der Waals surface area contributed by atoms with Crippen LogP contribution < -0.4 is 10.2 Å². The Bertz CT molecular complexity index is 945. The number of rotatable bonds is 7. The van der Waals surface area contributed by atoms with Gasteiger partial charge >= 0.3 is 0 Å². The minimum absolute atomic E-state index is 0.106. The van der Waals surface area contributed by atoms with Gasteiger partial charge in [0, 0.05) is 39.4 Å². The summed E-state index contributed by atoms with van der Waals surface area (Å²) in [4.78, 5) is 19.3. The number of anilines is 2. The first-order valence-electron chi connectivity index (χ1n) is 9.63. The lowest BCUT2D eigenvalue weighted by Crippen LogP contribution is -2.36. The van der Waals surface area contributed by atoms with Crippen molar-refractivity contribution >= 4 is 27.4 Å². The highest BCUT2D eigenvalue weighted by atomic mass is 32.2. The van der Waals surface area contributed by atoms with Crippen molar-refractivity contribution in [3.63, 3.8) is 0 Å². The number of sulfonamides is 1. The third-order valence-corrected chi connectivity index (χ3v) is 6.91. The number of morpholine rings is 1. The number of ether oxygens (including phenoxy) is 1. The smallest absolute Gasteiger partial charge is 0.272 e. The van der Waals surface area contributed by atoms with E-state index in [2.05, 4.69) is 15.2 Å². The number of nitrogens with one attached hydrogen (secondary N) is 1. The van der Waals surface area contributed by atoms with Crippen molar-refractivity contribution in [2.24, 2.45) is 7.05 Å². The van der Waals surface area contributed by atoms with E-state index in [0.717, 1.165) is 18.9 Å². The molecule has 3 heterocycles. The number of aryl methyl sites for hydroxylation is 1. The maximum Gasteiger partial charge on any atom is 0.272 e. The molecule has 10 heteroatoms. The van der Waals surface area contributed by atoms with Crippen LogP contribution in [0.4, 0.5) is 11.5 Å². The molecule has 1 fully saturated rings. The number of hydrogen-bond donors (Lipinski definition) is 1. The van der Waals surface area contributed by atoms with Gasteiger partial charge in [0.05, 0.1) is 25.1 Å². The molecule has 0 aromatic carbocycles. The number of carbonyl (C=O) groups is 1. The lowest BCUT2D eigenvalue weighted by atomic mass is 10.3. The zero-order valence-electron chi connectivity index (χ0n) is 17.0. The Morgan fingerprint density at radius 3 is 2.52 bits per heavy atom. The molecule has 0 radical (unpaired) electrons. The molecule has 2 aromatic rings. The highest BCUT2D eigenvalue weighted by Gasteiger charge is 2.25. The van der Waals surface area contributed by atoms with Crippen LogP contribution in [0.15, 0.2) is 35.5 Å². The van der Waals surface area contributed by atoms with E-state index in [-0.39, 0.29) is 10.6 Å². The first-order valence-corrected chi connectivity index (χ1v) is 11.1. The molecular weight excluding hydrogens is 394 g/mol. The molecule has 1 N–H and O–H groups in total. The summed E-state index contributed by atoms with van der Waals surface area (Å²) in [5, 5.41) is 2.78. The quantitative estimate of drug-likeness (QED) is 0.728. The Morgan fingerprint density at radius 2 is 1.93 bits per heavy atom. The molecule has 1 aliphatic heterocycles. The molecule has 0 aliphatic carbocycles. The Labute approximate surface area is 171 Å². The van der Waals surface area contributed by atoms with Gasteiger partial charge in [-0.05, 0) is 18.2 Å². The molecule has 3 rings (SSSR count). The van der Waals surface area contributed by atoms with Gasteiger partial charge in [0.15, 0.2) is 0 Å². The molecule has 9 nitrogen and oxygen atoms in total. The molecule has 0 saturated carbocycles. The summed E-state index contributed by atoms with van der Waals surface area (Å²) in [6.07, 6.45) is 3.06. The van der Waals surface area contributed by atoms with Crippen molar-refractivity contribution in [2.75, 3.05) is 49.6 Å². The SMILES string of the molecule is CCN(CC)S(=O)(=O)c1cc(C(=O)Nc2ccc(N3CCOCC3)nc2)n(C)c1. The van der Waals surface area contributed by atoms with Gasteiger partial charge in [0.25, 0.3) is 5.91 Å². The Morgan fingerprint density at radius 1 is 1.24 bits per heavy atom. The topological polar surface area (TPSA) is 96.8 Å². The van der Waals surface area contributed by atoms with Crippen molar-refractivity contribution in [2.45, 2.75) is 18.7 Å². The van der Waals surface area contributed by atoms with Crippen molar-refractivity contribution < 1.29 is 17.9 Å². The van der Waals surface area contributed by atoms with Crippen LogP contribution in [0.2, 0.25) is 0 Å². The molecular formula is C19H27N5O4S. The van der Waals surface area contributed by atoms with E-state index < -0.39 is 15.9 Å². The van der Waals surface area contributed by atoms with E-state index in [9.17, 15) is 13.2 Å². The summed E-state index contributed by atoms with van der Waals surface area (Å²) in [6, 6.07) is 5.03. The summed E-state index contributed by atoms with van der Waals surface area (Å²) in [5.41, 5.74) is 0.800. The van der Waals surface area contributed by atoms with E-state index in [0.29, 0.717) is 32.0 Å². The molecule has 0 atom stereocenters. The van der Waals surface area contributed by atoms with E-state index in [1.165, 1.54) is 21.1 Å². The molecule has 158 valence electrons. The molecule has 2 aromatic heterocycles. The number of nitrogens with zero attached hydrogens (tertiary/aromatic N) is 4. The summed E-state index contributed by atoms with van der Waals surface area (Å²) < 4.78 is 33.6. The maximum atomic E-state index is 12.7. The molecule has 0 bridgehead atoms. The van der Waals surface area contributed by atoms with Gasteiger partial charge in [-0.3, -0.25) is 4.79 Å². The molecule has 1 amide bonds. The van der Waals surface area contributed by atoms with Crippen LogP contribution in [0.25, 0.3) is 0 Å². The van der Waals surface area contributed by atoms with E-state index in [1.807, 2.05) is 6.07 Å². The first-order chi connectivity index (χ1) is 13.9. The number of amides is 1. The van der Waals surface area contributed by atoms with E-state index in [1.54, 1.807) is 33.2 Å². The molecule has 1 saturated heterocycles. The predicted octanol–water partition coefficient (Wildman–Crippen LogP) is 1.54. The lowest BCUT2D eigenvalue weighted by Gasteiger charge is -2.27.